The fourth-order valence-corrected chi connectivity index (χ4v) is 3.17. The second kappa shape index (κ2) is 8.81. The van der Waals surface area contributed by atoms with Crippen LogP contribution in [0.15, 0.2) is 42.5 Å². The Kier molecular flexibility index (Phi) is 6.75. The number of nitrogens with zero attached hydrogens (tertiary/aromatic N) is 1. The van der Waals surface area contributed by atoms with Crippen LogP contribution in [0.1, 0.15) is 19.4 Å². The second-order valence-electron chi connectivity index (χ2n) is 7.77. The third-order valence-electron chi connectivity index (χ3n) is 4.19. The number of rotatable bonds is 8. The van der Waals surface area contributed by atoms with E-state index in [4.69, 9.17) is 0 Å². The Labute approximate surface area is 155 Å². The lowest BCUT2D eigenvalue weighted by atomic mass is 9.93. The molecule has 0 fully saturated rings. The van der Waals surface area contributed by atoms with Crippen molar-refractivity contribution in [3.8, 4) is 0 Å². The van der Waals surface area contributed by atoms with E-state index < -0.39 is 0 Å². The number of carbonyl (C=O) groups is 2. The molecule has 2 rings (SSSR count). The maximum atomic E-state index is 12.2. The minimum atomic E-state index is -0.164. The van der Waals surface area contributed by atoms with Crippen molar-refractivity contribution in [1.82, 2.24) is 15.5 Å². The maximum Gasteiger partial charge on any atom is 0.239 e. The van der Waals surface area contributed by atoms with Crippen LogP contribution >= 0.6 is 0 Å². The zero-order valence-corrected chi connectivity index (χ0v) is 16.1. The summed E-state index contributed by atoms with van der Waals surface area (Å²) in [4.78, 5) is 26.3. The Balaban J connectivity index is 1.82. The van der Waals surface area contributed by atoms with Crippen LogP contribution in [-0.4, -0.2) is 50.4 Å². The molecule has 0 radical (unpaired) electrons. The lowest BCUT2D eigenvalue weighted by Crippen LogP contribution is -2.43. The summed E-state index contributed by atoms with van der Waals surface area (Å²) in [5.41, 5.74) is 0.944. The first kappa shape index (κ1) is 19.9. The van der Waals surface area contributed by atoms with Gasteiger partial charge in [0.1, 0.15) is 0 Å². The number of benzene rings is 2. The molecule has 0 unspecified atom stereocenters. The molecule has 5 heteroatoms. The molecule has 0 saturated carbocycles. The summed E-state index contributed by atoms with van der Waals surface area (Å²) in [5, 5.41) is 7.79. The molecule has 0 aliphatic carbocycles. The van der Waals surface area contributed by atoms with Crippen molar-refractivity contribution in [3.63, 3.8) is 0 Å². The molecule has 2 amide bonds. The van der Waals surface area contributed by atoms with E-state index in [0.717, 1.165) is 22.9 Å². The van der Waals surface area contributed by atoms with Crippen LogP contribution in [0.5, 0.6) is 0 Å². The minimum Gasteiger partial charge on any atom is -0.354 e. The van der Waals surface area contributed by atoms with Crippen molar-refractivity contribution in [2.45, 2.75) is 20.3 Å². The minimum absolute atomic E-state index is 0.00163. The fraction of sp³-hybridized carbons (Fsp3) is 0.429. The van der Waals surface area contributed by atoms with Gasteiger partial charge in [-0.1, -0.05) is 56.3 Å². The van der Waals surface area contributed by atoms with Gasteiger partial charge in [-0.2, -0.15) is 0 Å². The third-order valence-corrected chi connectivity index (χ3v) is 4.19. The molecule has 0 bridgehead atoms. The summed E-state index contributed by atoms with van der Waals surface area (Å²) in [5.74, 6) is -0.313. The van der Waals surface area contributed by atoms with Crippen LogP contribution in [0.4, 0.5) is 0 Å². The summed E-state index contributed by atoms with van der Waals surface area (Å²) in [7, 11) is 4.02. The zero-order chi connectivity index (χ0) is 19.2. The Morgan fingerprint density at radius 3 is 2.38 bits per heavy atom. The summed E-state index contributed by atoms with van der Waals surface area (Å²) in [6, 6.07) is 13.9. The highest BCUT2D eigenvalue weighted by molar-refractivity contribution is 5.91. The summed E-state index contributed by atoms with van der Waals surface area (Å²) < 4.78 is 0. The second-order valence-corrected chi connectivity index (χ2v) is 7.77. The first-order chi connectivity index (χ1) is 12.3. The molecule has 2 N–H and O–H groups in total. The molecular weight excluding hydrogens is 326 g/mol. The normalized spacial score (nSPS) is 11.6. The van der Waals surface area contributed by atoms with Crippen LogP contribution in [0.25, 0.3) is 10.8 Å². The van der Waals surface area contributed by atoms with E-state index in [9.17, 15) is 9.59 Å². The Morgan fingerprint density at radius 1 is 0.962 bits per heavy atom. The first-order valence-electron chi connectivity index (χ1n) is 8.92. The zero-order valence-electron chi connectivity index (χ0n) is 16.1. The van der Waals surface area contributed by atoms with E-state index in [-0.39, 0.29) is 30.2 Å². The maximum absolute atomic E-state index is 12.2. The van der Waals surface area contributed by atoms with Crippen molar-refractivity contribution in [2.75, 3.05) is 33.7 Å². The van der Waals surface area contributed by atoms with Gasteiger partial charge in [-0.3, -0.25) is 9.59 Å². The van der Waals surface area contributed by atoms with Gasteiger partial charge in [-0.25, -0.2) is 0 Å². The SMILES string of the molecule is CN(C)CC(C)(C)CNC(=O)CNC(=O)Cc1cccc2ccccc12. The summed E-state index contributed by atoms with van der Waals surface area (Å²) in [6.45, 7) is 5.66. The van der Waals surface area contributed by atoms with Crippen LogP contribution < -0.4 is 10.6 Å². The predicted octanol–water partition coefficient (Wildman–Crippen LogP) is 2.20. The summed E-state index contributed by atoms with van der Waals surface area (Å²) >= 11 is 0. The average molecular weight is 355 g/mol. The molecule has 0 aromatic heterocycles. The van der Waals surface area contributed by atoms with Gasteiger partial charge >= 0.3 is 0 Å². The van der Waals surface area contributed by atoms with Crippen LogP contribution in [0.3, 0.4) is 0 Å². The van der Waals surface area contributed by atoms with Gasteiger partial charge in [0.05, 0.1) is 13.0 Å². The van der Waals surface area contributed by atoms with Crippen molar-refractivity contribution in [1.29, 1.82) is 0 Å². The van der Waals surface area contributed by atoms with Crippen molar-refractivity contribution in [2.24, 2.45) is 5.41 Å². The van der Waals surface area contributed by atoms with Crippen molar-refractivity contribution < 1.29 is 9.59 Å². The fourth-order valence-electron chi connectivity index (χ4n) is 3.17. The largest absolute Gasteiger partial charge is 0.354 e. The van der Waals surface area contributed by atoms with Gasteiger partial charge in [-0.15, -0.1) is 0 Å². The Bertz CT molecular complexity index is 763. The topological polar surface area (TPSA) is 61.4 Å². The lowest BCUT2D eigenvalue weighted by Gasteiger charge is -2.28. The van der Waals surface area contributed by atoms with Gasteiger partial charge in [0.25, 0.3) is 0 Å². The molecule has 0 saturated heterocycles. The van der Waals surface area contributed by atoms with Crippen LogP contribution in [0.2, 0.25) is 0 Å². The molecule has 0 atom stereocenters. The number of fused-ring (bicyclic) bond motifs is 1. The average Bonchev–Trinajstić information content (AvgIpc) is 2.57. The van der Waals surface area contributed by atoms with E-state index in [1.54, 1.807) is 0 Å². The predicted molar refractivity (Wildman–Crippen MR) is 106 cm³/mol. The molecule has 2 aromatic rings. The highest BCUT2D eigenvalue weighted by Gasteiger charge is 2.19. The van der Waals surface area contributed by atoms with Gasteiger partial charge < -0.3 is 15.5 Å². The molecule has 0 spiro atoms. The molecule has 26 heavy (non-hydrogen) atoms. The van der Waals surface area contributed by atoms with Crippen molar-refractivity contribution >= 4 is 22.6 Å². The molecule has 5 nitrogen and oxygen atoms in total. The first-order valence-corrected chi connectivity index (χ1v) is 8.92. The lowest BCUT2D eigenvalue weighted by molar-refractivity contribution is -0.126. The molecule has 2 aromatic carbocycles. The van der Waals surface area contributed by atoms with Crippen LogP contribution in [0, 0.1) is 5.41 Å². The number of amides is 2. The highest BCUT2D eigenvalue weighted by Crippen LogP contribution is 2.18. The number of hydrogen-bond acceptors (Lipinski definition) is 3. The smallest absolute Gasteiger partial charge is 0.239 e. The van der Waals surface area contributed by atoms with E-state index in [2.05, 4.69) is 29.4 Å². The van der Waals surface area contributed by atoms with Gasteiger partial charge in [0.2, 0.25) is 11.8 Å². The quantitative estimate of drug-likeness (QED) is 0.763. The van der Waals surface area contributed by atoms with E-state index >= 15 is 0 Å². The standard InChI is InChI=1S/C21H29N3O2/c1-21(2,15-24(3)4)14-23-20(26)13-22-19(25)12-17-10-7-9-16-8-5-6-11-18(16)17/h5-11H,12-15H2,1-4H3,(H,22,25)(H,23,26). The van der Waals surface area contributed by atoms with Gasteiger partial charge in [-0.05, 0) is 35.8 Å². The van der Waals surface area contributed by atoms with Gasteiger partial charge in [0, 0.05) is 13.1 Å². The van der Waals surface area contributed by atoms with Gasteiger partial charge in [0.15, 0.2) is 0 Å². The number of hydrogen-bond donors (Lipinski definition) is 2. The molecular formula is C21H29N3O2. The molecule has 0 aliphatic rings. The van der Waals surface area contributed by atoms with E-state index in [0.29, 0.717) is 6.54 Å². The molecule has 0 aliphatic heterocycles. The number of nitrogens with one attached hydrogen (secondary N) is 2. The third kappa shape index (κ3) is 6.15. The molecule has 140 valence electrons. The Hall–Kier alpha value is -2.40. The Morgan fingerprint density at radius 2 is 1.65 bits per heavy atom. The monoisotopic (exact) mass is 355 g/mol. The van der Waals surface area contributed by atoms with E-state index in [1.165, 1.54) is 0 Å². The summed E-state index contributed by atoms with van der Waals surface area (Å²) in [6.07, 6.45) is 0.265. The number of carbonyl (C=O) groups excluding carboxylic acids is 2. The molecule has 0 heterocycles. The van der Waals surface area contributed by atoms with Crippen LogP contribution in [-0.2, 0) is 16.0 Å². The van der Waals surface area contributed by atoms with E-state index in [1.807, 2.05) is 56.6 Å². The van der Waals surface area contributed by atoms with Crippen molar-refractivity contribution in [3.05, 3.63) is 48.0 Å². The highest BCUT2D eigenvalue weighted by atomic mass is 16.2.